The summed E-state index contributed by atoms with van der Waals surface area (Å²) < 4.78 is 23.4. The molecule has 0 radical (unpaired) electrons. The fraction of sp³-hybridized carbons (Fsp3) is 0.533. The summed E-state index contributed by atoms with van der Waals surface area (Å²) in [5.74, 6) is -1.07. The Bertz CT molecular complexity index is 828. The SMILES string of the molecule is COCC1OC(n2cnc3c(Cl)ncnc32)C(OC(C)=O)C1OC(C)=O. The van der Waals surface area contributed by atoms with Gasteiger partial charge in [0.15, 0.2) is 29.2 Å². The summed E-state index contributed by atoms with van der Waals surface area (Å²) in [6.07, 6.45) is -0.507. The molecule has 4 unspecified atom stereocenters. The van der Waals surface area contributed by atoms with Crippen molar-refractivity contribution in [3.05, 3.63) is 17.8 Å². The Hall–Kier alpha value is -2.30. The van der Waals surface area contributed by atoms with Crippen molar-refractivity contribution in [2.24, 2.45) is 0 Å². The average Bonchev–Trinajstić information content (AvgIpc) is 3.12. The molecular formula is C15H17ClN4O6. The van der Waals surface area contributed by atoms with E-state index in [1.807, 2.05) is 0 Å². The zero-order valence-electron chi connectivity index (χ0n) is 14.3. The maximum atomic E-state index is 11.6. The predicted molar refractivity (Wildman–Crippen MR) is 87.2 cm³/mol. The third kappa shape index (κ3) is 3.48. The molecule has 140 valence electrons. The Morgan fingerprint density at radius 1 is 1.19 bits per heavy atom. The number of esters is 2. The molecule has 11 heteroatoms. The van der Waals surface area contributed by atoms with Gasteiger partial charge in [-0.05, 0) is 0 Å². The molecule has 26 heavy (non-hydrogen) atoms. The highest BCUT2D eigenvalue weighted by Crippen LogP contribution is 2.36. The van der Waals surface area contributed by atoms with Gasteiger partial charge in [0.05, 0.1) is 12.9 Å². The van der Waals surface area contributed by atoms with Gasteiger partial charge in [-0.3, -0.25) is 14.2 Å². The van der Waals surface area contributed by atoms with Gasteiger partial charge in [-0.2, -0.15) is 0 Å². The van der Waals surface area contributed by atoms with Crippen molar-refractivity contribution in [2.45, 2.75) is 38.4 Å². The summed E-state index contributed by atoms with van der Waals surface area (Å²) in [5, 5.41) is 0.181. The van der Waals surface area contributed by atoms with Gasteiger partial charge in [0, 0.05) is 21.0 Å². The van der Waals surface area contributed by atoms with Gasteiger partial charge < -0.3 is 18.9 Å². The number of hydrogen-bond acceptors (Lipinski definition) is 9. The third-order valence-electron chi connectivity index (χ3n) is 3.81. The Morgan fingerprint density at radius 2 is 1.88 bits per heavy atom. The number of imidazole rings is 1. The van der Waals surface area contributed by atoms with Crippen molar-refractivity contribution in [2.75, 3.05) is 13.7 Å². The van der Waals surface area contributed by atoms with E-state index in [4.69, 9.17) is 30.5 Å². The molecule has 1 aliphatic heterocycles. The van der Waals surface area contributed by atoms with Crippen LogP contribution in [0.2, 0.25) is 5.15 Å². The first kappa shape index (κ1) is 18.5. The fourth-order valence-electron chi connectivity index (χ4n) is 2.89. The van der Waals surface area contributed by atoms with Crippen molar-refractivity contribution in [3.8, 4) is 0 Å². The molecule has 3 heterocycles. The summed E-state index contributed by atoms with van der Waals surface area (Å²) >= 11 is 6.03. The van der Waals surface area contributed by atoms with Crippen LogP contribution in [0.25, 0.3) is 11.2 Å². The standard InChI is InChI=1S/C15H17ClN4O6/c1-7(21)24-11-9(4-23-3)26-15(12(11)25-8(2)22)20-6-19-10-13(16)17-5-18-14(10)20/h5-6,9,11-12,15H,4H2,1-3H3. The molecule has 1 saturated heterocycles. The second kappa shape index (κ2) is 7.52. The Morgan fingerprint density at radius 3 is 2.54 bits per heavy atom. The summed E-state index contributed by atoms with van der Waals surface area (Å²) in [5.41, 5.74) is 0.769. The normalized spacial score (nSPS) is 25.4. The quantitative estimate of drug-likeness (QED) is 0.547. The van der Waals surface area contributed by atoms with Crippen LogP contribution in [0.5, 0.6) is 0 Å². The van der Waals surface area contributed by atoms with E-state index in [-0.39, 0.29) is 11.8 Å². The number of rotatable bonds is 5. The van der Waals surface area contributed by atoms with Gasteiger partial charge >= 0.3 is 11.9 Å². The minimum absolute atomic E-state index is 0.134. The number of halogens is 1. The van der Waals surface area contributed by atoms with Crippen LogP contribution < -0.4 is 0 Å². The van der Waals surface area contributed by atoms with Crippen LogP contribution in [0, 0.1) is 0 Å². The van der Waals surface area contributed by atoms with E-state index < -0.39 is 36.5 Å². The van der Waals surface area contributed by atoms with E-state index in [0.29, 0.717) is 11.2 Å². The summed E-state index contributed by atoms with van der Waals surface area (Å²) in [7, 11) is 1.49. The van der Waals surface area contributed by atoms with E-state index in [9.17, 15) is 9.59 Å². The largest absolute Gasteiger partial charge is 0.456 e. The highest BCUT2D eigenvalue weighted by molar-refractivity contribution is 6.33. The van der Waals surface area contributed by atoms with Crippen LogP contribution >= 0.6 is 11.6 Å². The Labute approximate surface area is 153 Å². The van der Waals surface area contributed by atoms with Crippen molar-refractivity contribution in [1.29, 1.82) is 0 Å². The molecule has 2 aromatic rings. The van der Waals surface area contributed by atoms with Crippen molar-refractivity contribution < 1.29 is 28.5 Å². The van der Waals surface area contributed by atoms with Gasteiger partial charge in [-0.25, -0.2) is 15.0 Å². The molecule has 0 spiro atoms. The van der Waals surface area contributed by atoms with Crippen LogP contribution in [0.15, 0.2) is 12.7 Å². The highest BCUT2D eigenvalue weighted by atomic mass is 35.5. The van der Waals surface area contributed by atoms with E-state index >= 15 is 0 Å². The molecule has 1 fully saturated rings. The summed E-state index contributed by atoms with van der Waals surface area (Å²) in [6, 6.07) is 0. The lowest BCUT2D eigenvalue weighted by atomic mass is 10.1. The third-order valence-corrected chi connectivity index (χ3v) is 4.09. The first-order valence-electron chi connectivity index (χ1n) is 7.74. The van der Waals surface area contributed by atoms with E-state index in [2.05, 4.69) is 15.0 Å². The molecule has 0 saturated carbocycles. The zero-order chi connectivity index (χ0) is 18.8. The average molecular weight is 385 g/mol. The first-order chi connectivity index (χ1) is 12.4. The molecule has 0 amide bonds. The lowest BCUT2D eigenvalue weighted by Crippen LogP contribution is -2.40. The Balaban J connectivity index is 2.03. The van der Waals surface area contributed by atoms with E-state index in [1.54, 1.807) is 4.57 Å². The van der Waals surface area contributed by atoms with Gasteiger partial charge in [0.1, 0.15) is 17.9 Å². The molecule has 3 rings (SSSR count). The molecule has 10 nitrogen and oxygen atoms in total. The topological polar surface area (TPSA) is 115 Å². The van der Waals surface area contributed by atoms with E-state index in [0.717, 1.165) is 0 Å². The first-order valence-corrected chi connectivity index (χ1v) is 8.12. The molecule has 0 bridgehead atoms. The molecule has 0 aliphatic carbocycles. The molecule has 2 aromatic heterocycles. The zero-order valence-corrected chi connectivity index (χ0v) is 15.0. The predicted octanol–water partition coefficient (Wildman–Crippen LogP) is 0.887. The molecular weight excluding hydrogens is 368 g/mol. The lowest BCUT2D eigenvalue weighted by Gasteiger charge is -2.23. The number of ether oxygens (including phenoxy) is 4. The van der Waals surface area contributed by atoms with Crippen LogP contribution in [0.4, 0.5) is 0 Å². The second-order valence-corrected chi connectivity index (χ2v) is 6.02. The minimum atomic E-state index is -0.914. The van der Waals surface area contributed by atoms with Gasteiger partial charge in [-0.1, -0.05) is 11.6 Å². The smallest absolute Gasteiger partial charge is 0.303 e. The monoisotopic (exact) mass is 384 g/mol. The van der Waals surface area contributed by atoms with Crippen LogP contribution in [-0.4, -0.2) is 63.5 Å². The lowest BCUT2D eigenvalue weighted by molar-refractivity contribution is -0.165. The molecule has 0 aromatic carbocycles. The number of fused-ring (bicyclic) bond motifs is 1. The summed E-state index contributed by atoms with van der Waals surface area (Å²) in [4.78, 5) is 35.3. The minimum Gasteiger partial charge on any atom is -0.456 e. The number of carbonyl (C=O) groups is 2. The van der Waals surface area contributed by atoms with Gasteiger partial charge in [0.25, 0.3) is 0 Å². The number of nitrogens with zero attached hydrogens (tertiary/aromatic N) is 4. The number of hydrogen-bond donors (Lipinski definition) is 0. The van der Waals surface area contributed by atoms with Crippen molar-refractivity contribution in [1.82, 2.24) is 19.5 Å². The van der Waals surface area contributed by atoms with Gasteiger partial charge in [-0.15, -0.1) is 0 Å². The summed E-state index contributed by atoms with van der Waals surface area (Å²) in [6.45, 7) is 2.66. The molecule has 1 aliphatic rings. The number of aromatic nitrogens is 4. The van der Waals surface area contributed by atoms with Crippen LogP contribution in [0.3, 0.4) is 0 Å². The van der Waals surface area contributed by atoms with Gasteiger partial charge in [0.2, 0.25) is 0 Å². The van der Waals surface area contributed by atoms with Crippen molar-refractivity contribution in [3.63, 3.8) is 0 Å². The van der Waals surface area contributed by atoms with E-state index in [1.165, 1.54) is 33.6 Å². The maximum Gasteiger partial charge on any atom is 0.303 e. The number of methoxy groups -OCH3 is 1. The fourth-order valence-corrected chi connectivity index (χ4v) is 3.07. The maximum absolute atomic E-state index is 11.6. The highest BCUT2D eigenvalue weighted by Gasteiger charge is 2.50. The van der Waals surface area contributed by atoms with Crippen LogP contribution in [-0.2, 0) is 28.5 Å². The molecule has 4 atom stereocenters. The van der Waals surface area contributed by atoms with Crippen molar-refractivity contribution >= 4 is 34.7 Å². The number of carbonyl (C=O) groups excluding carboxylic acids is 2. The Kier molecular flexibility index (Phi) is 5.35. The second-order valence-electron chi connectivity index (χ2n) is 5.66. The molecule has 0 N–H and O–H groups in total. The van der Waals surface area contributed by atoms with Crippen LogP contribution in [0.1, 0.15) is 20.1 Å².